The van der Waals surface area contributed by atoms with E-state index < -0.39 is 0 Å². The molecule has 1 aliphatic rings. The van der Waals surface area contributed by atoms with E-state index >= 15 is 0 Å². The highest BCUT2D eigenvalue weighted by molar-refractivity contribution is 6.32. The smallest absolute Gasteiger partial charge is 0.254 e. The molecule has 2 N–H and O–H groups in total. The molecule has 0 unspecified atom stereocenters. The normalized spacial score (nSPS) is 14.0. The summed E-state index contributed by atoms with van der Waals surface area (Å²) in [5, 5.41) is 11.8. The molecule has 0 saturated heterocycles. The van der Waals surface area contributed by atoms with Crippen molar-refractivity contribution in [3.8, 4) is 5.75 Å². The van der Waals surface area contributed by atoms with Gasteiger partial charge in [-0.15, -0.1) is 0 Å². The first-order valence-corrected chi connectivity index (χ1v) is 8.35. The first kappa shape index (κ1) is 15.4. The van der Waals surface area contributed by atoms with Gasteiger partial charge < -0.3 is 15.0 Å². The molecule has 0 saturated carbocycles. The third-order valence-corrected chi connectivity index (χ3v) is 4.97. The van der Waals surface area contributed by atoms with Crippen molar-refractivity contribution in [2.45, 2.75) is 13.0 Å². The third kappa shape index (κ3) is 2.52. The number of hydrogen-bond acceptors (Lipinski definition) is 2. The molecule has 1 amide bonds. The molecular weight excluding hydrogens is 347 g/mol. The average Bonchev–Trinajstić information content (AvgIpc) is 2.93. The van der Waals surface area contributed by atoms with E-state index in [1.165, 1.54) is 17.7 Å². The number of phenols is 1. The third-order valence-electron chi connectivity index (χ3n) is 4.42. The lowest BCUT2D eigenvalue weighted by Gasteiger charge is -2.27. The molecule has 1 aromatic heterocycles. The van der Waals surface area contributed by atoms with E-state index in [1.807, 2.05) is 18.2 Å². The highest BCUT2D eigenvalue weighted by atomic mass is 35.5. The van der Waals surface area contributed by atoms with E-state index in [0.717, 1.165) is 23.0 Å². The molecule has 122 valence electrons. The first-order chi connectivity index (χ1) is 11.5. The number of nitrogens with one attached hydrogen (secondary N) is 1. The SMILES string of the molecule is O=C(c1ccc(Cl)c(O)c1)N1CCc2c([nH]c3ccc(Cl)cc23)C1. The molecule has 0 aliphatic carbocycles. The van der Waals surface area contributed by atoms with Crippen LogP contribution in [0, 0.1) is 0 Å². The zero-order valence-electron chi connectivity index (χ0n) is 12.6. The maximum absolute atomic E-state index is 12.7. The van der Waals surface area contributed by atoms with Gasteiger partial charge in [-0.1, -0.05) is 23.2 Å². The van der Waals surface area contributed by atoms with Crippen LogP contribution in [0.4, 0.5) is 0 Å². The Labute approximate surface area is 148 Å². The summed E-state index contributed by atoms with van der Waals surface area (Å²) in [4.78, 5) is 17.8. The minimum Gasteiger partial charge on any atom is -0.506 e. The molecule has 0 spiro atoms. The van der Waals surface area contributed by atoms with E-state index in [-0.39, 0.29) is 16.7 Å². The first-order valence-electron chi connectivity index (χ1n) is 7.59. The van der Waals surface area contributed by atoms with Crippen molar-refractivity contribution in [1.82, 2.24) is 9.88 Å². The molecule has 2 heterocycles. The zero-order valence-corrected chi connectivity index (χ0v) is 14.2. The second kappa shape index (κ2) is 5.72. The lowest BCUT2D eigenvalue weighted by atomic mass is 10.0. The number of hydrogen-bond donors (Lipinski definition) is 2. The standard InChI is InChI=1S/C18H14Cl2N2O2/c19-11-2-4-15-13(8-11)12-5-6-22(9-16(12)21-15)18(24)10-1-3-14(20)17(23)7-10/h1-4,7-8,21,23H,5-6,9H2. The number of phenolic OH excluding ortho intramolecular Hbond substituents is 1. The minimum absolute atomic E-state index is 0.0829. The van der Waals surface area contributed by atoms with E-state index in [0.29, 0.717) is 23.7 Å². The number of amides is 1. The van der Waals surface area contributed by atoms with Crippen molar-refractivity contribution in [1.29, 1.82) is 0 Å². The Morgan fingerprint density at radius 1 is 1.17 bits per heavy atom. The Kier molecular flexibility index (Phi) is 3.66. The number of carbonyl (C=O) groups excluding carboxylic acids is 1. The van der Waals surface area contributed by atoms with Gasteiger partial charge in [0.25, 0.3) is 5.91 Å². The van der Waals surface area contributed by atoms with Crippen LogP contribution >= 0.6 is 23.2 Å². The maximum Gasteiger partial charge on any atom is 0.254 e. The van der Waals surface area contributed by atoms with Crippen LogP contribution in [-0.2, 0) is 13.0 Å². The molecule has 0 atom stereocenters. The molecule has 2 aromatic carbocycles. The monoisotopic (exact) mass is 360 g/mol. The molecule has 4 nitrogen and oxygen atoms in total. The summed E-state index contributed by atoms with van der Waals surface area (Å²) in [7, 11) is 0. The number of H-pyrrole nitrogens is 1. The second-order valence-electron chi connectivity index (χ2n) is 5.91. The lowest BCUT2D eigenvalue weighted by molar-refractivity contribution is 0.0732. The van der Waals surface area contributed by atoms with Crippen molar-refractivity contribution >= 4 is 40.0 Å². The largest absolute Gasteiger partial charge is 0.506 e. The summed E-state index contributed by atoms with van der Waals surface area (Å²) >= 11 is 11.9. The highest BCUT2D eigenvalue weighted by Crippen LogP contribution is 2.31. The number of halogens is 2. The van der Waals surface area contributed by atoms with Crippen LogP contribution in [0.1, 0.15) is 21.6 Å². The average molecular weight is 361 g/mol. The fourth-order valence-corrected chi connectivity index (χ4v) is 3.50. The van der Waals surface area contributed by atoms with E-state index in [9.17, 15) is 9.90 Å². The van der Waals surface area contributed by atoms with Gasteiger partial charge >= 0.3 is 0 Å². The summed E-state index contributed by atoms with van der Waals surface area (Å²) in [6.45, 7) is 1.12. The molecule has 24 heavy (non-hydrogen) atoms. The quantitative estimate of drug-likeness (QED) is 0.676. The van der Waals surface area contributed by atoms with Crippen molar-refractivity contribution < 1.29 is 9.90 Å². The summed E-state index contributed by atoms with van der Waals surface area (Å²) in [5.41, 5.74) is 3.71. The Bertz CT molecular complexity index is 965. The molecule has 0 fully saturated rings. The number of nitrogens with zero attached hydrogens (tertiary/aromatic N) is 1. The maximum atomic E-state index is 12.7. The van der Waals surface area contributed by atoms with Crippen molar-refractivity contribution in [2.24, 2.45) is 0 Å². The molecular formula is C18H14Cl2N2O2. The number of aromatic amines is 1. The summed E-state index contributed by atoms with van der Waals surface area (Å²) in [6.07, 6.45) is 0.765. The van der Waals surface area contributed by atoms with Gasteiger partial charge in [0.2, 0.25) is 0 Å². The number of fused-ring (bicyclic) bond motifs is 3. The van der Waals surface area contributed by atoms with Gasteiger partial charge in [-0.3, -0.25) is 4.79 Å². The van der Waals surface area contributed by atoms with Gasteiger partial charge in [-0.05, 0) is 48.4 Å². The minimum atomic E-state index is -0.121. The number of aromatic nitrogens is 1. The summed E-state index contributed by atoms with van der Waals surface area (Å²) in [6, 6.07) is 10.3. The molecule has 4 rings (SSSR count). The zero-order chi connectivity index (χ0) is 16.8. The predicted octanol–water partition coefficient (Wildman–Crippen LogP) is 4.38. The van der Waals surface area contributed by atoms with E-state index in [2.05, 4.69) is 4.98 Å². The number of aromatic hydroxyl groups is 1. The fourth-order valence-electron chi connectivity index (χ4n) is 3.21. The van der Waals surface area contributed by atoms with Crippen molar-refractivity contribution in [3.05, 3.63) is 63.3 Å². The number of benzene rings is 2. The van der Waals surface area contributed by atoms with Crippen LogP contribution in [0.15, 0.2) is 36.4 Å². The van der Waals surface area contributed by atoms with Crippen LogP contribution in [-0.4, -0.2) is 27.4 Å². The Morgan fingerprint density at radius 3 is 2.79 bits per heavy atom. The van der Waals surface area contributed by atoms with Crippen LogP contribution < -0.4 is 0 Å². The second-order valence-corrected chi connectivity index (χ2v) is 6.76. The molecule has 0 radical (unpaired) electrons. The van der Waals surface area contributed by atoms with Gasteiger partial charge in [0, 0.05) is 33.7 Å². The molecule has 6 heteroatoms. The molecule has 1 aliphatic heterocycles. The van der Waals surface area contributed by atoms with Crippen LogP contribution in [0.5, 0.6) is 5.75 Å². The van der Waals surface area contributed by atoms with Crippen molar-refractivity contribution in [2.75, 3.05) is 6.54 Å². The van der Waals surface area contributed by atoms with E-state index in [4.69, 9.17) is 23.2 Å². The Morgan fingerprint density at radius 2 is 2.00 bits per heavy atom. The van der Waals surface area contributed by atoms with Crippen LogP contribution in [0.25, 0.3) is 10.9 Å². The Hall–Kier alpha value is -2.17. The number of rotatable bonds is 1. The Balaban J connectivity index is 1.65. The number of carbonyl (C=O) groups is 1. The summed E-state index contributed by atoms with van der Waals surface area (Å²) < 4.78 is 0. The van der Waals surface area contributed by atoms with Gasteiger partial charge in [-0.25, -0.2) is 0 Å². The summed E-state index contributed by atoms with van der Waals surface area (Å²) in [5.74, 6) is -0.204. The topological polar surface area (TPSA) is 56.3 Å². The van der Waals surface area contributed by atoms with Gasteiger partial charge in [-0.2, -0.15) is 0 Å². The van der Waals surface area contributed by atoms with Crippen LogP contribution in [0.2, 0.25) is 10.0 Å². The van der Waals surface area contributed by atoms with Gasteiger partial charge in [0.05, 0.1) is 11.6 Å². The van der Waals surface area contributed by atoms with Crippen LogP contribution in [0.3, 0.4) is 0 Å². The van der Waals surface area contributed by atoms with Crippen molar-refractivity contribution in [3.63, 3.8) is 0 Å². The predicted molar refractivity (Wildman–Crippen MR) is 94.9 cm³/mol. The van der Waals surface area contributed by atoms with Gasteiger partial charge in [0.1, 0.15) is 5.75 Å². The lowest BCUT2D eigenvalue weighted by Crippen LogP contribution is -2.35. The molecule has 3 aromatic rings. The van der Waals surface area contributed by atoms with E-state index in [1.54, 1.807) is 11.0 Å². The van der Waals surface area contributed by atoms with Gasteiger partial charge in [0.15, 0.2) is 0 Å². The molecule has 0 bridgehead atoms. The highest BCUT2D eigenvalue weighted by Gasteiger charge is 2.25. The fraction of sp³-hybridized carbons (Fsp3) is 0.167.